The van der Waals surface area contributed by atoms with E-state index in [9.17, 15) is 9.59 Å². The Bertz CT molecular complexity index is 723. The third-order valence-corrected chi connectivity index (χ3v) is 4.04. The van der Waals surface area contributed by atoms with Gasteiger partial charge in [0.05, 0.1) is 0 Å². The van der Waals surface area contributed by atoms with Gasteiger partial charge in [-0.1, -0.05) is 29.3 Å². The molecule has 0 radical (unpaired) electrons. The standard InChI is InChI=1S/C17H20BrNO4/c1-4-5-10(2)19-15(20)9-22-17(21)16-11(3)13-8-12(18)6-7-14(13)23-16/h6-8,10H,4-5,9H2,1-3H3,(H,19,20). The number of hydrogen-bond acceptors (Lipinski definition) is 4. The number of amides is 1. The van der Waals surface area contributed by atoms with E-state index >= 15 is 0 Å². The van der Waals surface area contributed by atoms with Crippen molar-refractivity contribution >= 4 is 38.8 Å². The van der Waals surface area contributed by atoms with Crippen molar-refractivity contribution in [3.63, 3.8) is 0 Å². The zero-order chi connectivity index (χ0) is 17.0. The highest BCUT2D eigenvalue weighted by atomic mass is 79.9. The molecule has 1 heterocycles. The van der Waals surface area contributed by atoms with Gasteiger partial charge in [0, 0.05) is 21.5 Å². The van der Waals surface area contributed by atoms with Crippen molar-refractivity contribution in [2.45, 2.75) is 39.7 Å². The van der Waals surface area contributed by atoms with Crippen LogP contribution in [0.3, 0.4) is 0 Å². The Balaban J connectivity index is 2.01. The fourth-order valence-corrected chi connectivity index (χ4v) is 2.77. The number of nitrogens with one attached hydrogen (secondary N) is 1. The number of carbonyl (C=O) groups excluding carboxylic acids is 2. The van der Waals surface area contributed by atoms with Crippen molar-refractivity contribution in [2.75, 3.05) is 6.61 Å². The minimum absolute atomic E-state index is 0.0662. The molecule has 2 rings (SSSR count). The van der Waals surface area contributed by atoms with Crippen LogP contribution in [0.15, 0.2) is 27.1 Å². The lowest BCUT2D eigenvalue weighted by atomic mass is 10.1. The van der Waals surface area contributed by atoms with Crippen molar-refractivity contribution in [1.82, 2.24) is 5.32 Å². The van der Waals surface area contributed by atoms with Crippen LogP contribution in [0, 0.1) is 6.92 Å². The van der Waals surface area contributed by atoms with Gasteiger partial charge in [-0.05, 0) is 38.5 Å². The van der Waals surface area contributed by atoms with Gasteiger partial charge in [0.25, 0.3) is 5.91 Å². The lowest BCUT2D eigenvalue weighted by Gasteiger charge is -2.12. The second-order valence-electron chi connectivity index (χ2n) is 5.53. The largest absolute Gasteiger partial charge is 0.450 e. The molecule has 2 aromatic rings. The number of furan rings is 1. The van der Waals surface area contributed by atoms with Crippen molar-refractivity contribution in [1.29, 1.82) is 0 Å². The highest BCUT2D eigenvalue weighted by Gasteiger charge is 2.20. The maximum Gasteiger partial charge on any atom is 0.375 e. The van der Waals surface area contributed by atoms with E-state index in [2.05, 4.69) is 21.2 Å². The molecule has 1 unspecified atom stereocenters. The molecular weight excluding hydrogens is 362 g/mol. The van der Waals surface area contributed by atoms with E-state index in [1.54, 1.807) is 13.0 Å². The first-order chi connectivity index (χ1) is 10.9. The number of aryl methyl sites for hydroxylation is 1. The van der Waals surface area contributed by atoms with Crippen LogP contribution < -0.4 is 5.32 Å². The third-order valence-electron chi connectivity index (χ3n) is 3.55. The molecule has 1 N–H and O–H groups in total. The van der Waals surface area contributed by atoms with Gasteiger partial charge in [0.15, 0.2) is 6.61 Å². The fourth-order valence-electron chi connectivity index (χ4n) is 2.41. The average molecular weight is 382 g/mol. The third kappa shape index (κ3) is 4.34. The predicted molar refractivity (Wildman–Crippen MR) is 91.4 cm³/mol. The van der Waals surface area contributed by atoms with Crippen LogP contribution in [0.25, 0.3) is 11.0 Å². The molecule has 0 fully saturated rings. The molecule has 0 aliphatic heterocycles. The molecule has 0 saturated carbocycles. The van der Waals surface area contributed by atoms with Crippen LogP contribution in [0.5, 0.6) is 0 Å². The smallest absolute Gasteiger partial charge is 0.375 e. The molecule has 5 nitrogen and oxygen atoms in total. The average Bonchev–Trinajstić information content (AvgIpc) is 2.82. The minimum Gasteiger partial charge on any atom is -0.450 e. The number of ether oxygens (including phenoxy) is 1. The van der Waals surface area contributed by atoms with Crippen molar-refractivity contribution < 1.29 is 18.7 Å². The summed E-state index contributed by atoms with van der Waals surface area (Å²) in [6.07, 6.45) is 1.87. The SMILES string of the molecule is CCCC(C)NC(=O)COC(=O)c1oc2ccc(Br)cc2c1C. The summed E-state index contributed by atoms with van der Waals surface area (Å²) in [4.78, 5) is 23.9. The molecule has 0 aliphatic carbocycles. The van der Waals surface area contributed by atoms with Gasteiger partial charge >= 0.3 is 5.97 Å². The lowest BCUT2D eigenvalue weighted by molar-refractivity contribution is -0.124. The highest BCUT2D eigenvalue weighted by Crippen LogP contribution is 2.28. The monoisotopic (exact) mass is 381 g/mol. The van der Waals surface area contributed by atoms with Gasteiger partial charge in [0.1, 0.15) is 5.58 Å². The zero-order valence-corrected chi connectivity index (χ0v) is 15.0. The molecule has 0 bridgehead atoms. The van der Waals surface area contributed by atoms with Gasteiger partial charge in [-0.15, -0.1) is 0 Å². The van der Waals surface area contributed by atoms with E-state index in [0.717, 1.165) is 22.7 Å². The summed E-state index contributed by atoms with van der Waals surface area (Å²) in [5.74, 6) is -0.809. The van der Waals surface area contributed by atoms with Gasteiger partial charge in [-0.25, -0.2) is 4.79 Å². The first-order valence-corrected chi connectivity index (χ1v) is 8.36. The van der Waals surface area contributed by atoms with Crippen LogP contribution in [0.4, 0.5) is 0 Å². The number of halogens is 1. The lowest BCUT2D eigenvalue weighted by Crippen LogP contribution is -2.35. The Morgan fingerprint density at radius 1 is 1.39 bits per heavy atom. The van der Waals surface area contributed by atoms with Crippen LogP contribution in [-0.4, -0.2) is 24.5 Å². The van der Waals surface area contributed by atoms with Gasteiger partial charge in [-0.2, -0.15) is 0 Å². The Labute approximate surface area is 143 Å². The molecule has 1 aromatic carbocycles. The molecule has 1 amide bonds. The maximum atomic E-state index is 12.1. The zero-order valence-electron chi connectivity index (χ0n) is 13.4. The Hall–Kier alpha value is -1.82. The van der Waals surface area contributed by atoms with E-state index in [-0.39, 0.29) is 24.3 Å². The number of carbonyl (C=O) groups is 2. The molecule has 0 saturated heterocycles. The van der Waals surface area contributed by atoms with Crippen LogP contribution in [-0.2, 0) is 9.53 Å². The van der Waals surface area contributed by atoms with Crippen LogP contribution >= 0.6 is 15.9 Å². The van der Waals surface area contributed by atoms with Gasteiger partial charge in [-0.3, -0.25) is 4.79 Å². The Kier molecular flexibility index (Phi) is 5.82. The van der Waals surface area contributed by atoms with Crippen LogP contribution in [0.1, 0.15) is 42.8 Å². The second-order valence-corrected chi connectivity index (χ2v) is 6.45. The van der Waals surface area contributed by atoms with Gasteiger partial charge < -0.3 is 14.5 Å². The number of fused-ring (bicyclic) bond motifs is 1. The number of esters is 1. The number of rotatable bonds is 6. The Morgan fingerprint density at radius 3 is 2.83 bits per heavy atom. The summed E-state index contributed by atoms with van der Waals surface area (Å²) < 4.78 is 11.5. The van der Waals surface area contributed by atoms with Crippen LogP contribution in [0.2, 0.25) is 0 Å². The summed E-state index contributed by atoms with van der Waals surface area (Å²) in [6, 6.07) is 5.56. The number of hydrogen-bond donors (Lipinski definition) is 1. The molecule has 1 atom stereocenters. The van der Waals surface area contributed by atoms with E-state index < -0.39 is 5.97 Å². The van der Waals surface area contributed by atoms with E-state index in [4.69, 9.17) is 9.15 Å². The van der Waals surface area contributed by atoms with Crippen molar-refractivity contribution in [3.05, 3.63) is 34.0 Å². The van der Waals surface area contributed by atoms with E-state index in [1.165, 1.54) is 0 Å². The topological polar surface area (TPSA) is 68.5 Å². The molecular formula is C17H20BrNO4. The fraction of sp³-hybridized carbons (Fsp3) is 0.412. The molecule has 6 heteroatoms. The van der Waals surface area contributed by atoms with Crippen molar-refractivity contribution in [3.8, 4) is 0 Å². The highest BCUT2D eigenvalue weighted by molar-refractivity contribution is 9.10. The molecule has 23 heavy (non-hydrogen) atoms. The van der Waals surface area contributed by atoms with E-state index in [1.807, 2.05) is 26.0 Å². The van der Waals surface area contributed by atoms with Crippen molar-refractivity contribution in [2.24, 2.45) is 0 Å². The first kappa shape index (κ1) is 17.5. The quantitative estimate of drug-likeness (QED) is 0.768. The molecule has 1 aromatic heterocycles. The summed E-state index contributed by atoms with van der Waals surface area (Å²) >= 11 is 3.39. The summed E-state index contributed by atoms with van der Waals surface area (Å²) in [5, 5.41) is 3.62. The van der Waals surface area contributed by atoms with Gasteiger partial charge in [0.2, 0.25) is 5.76 Å². The maximum absolute atomic E-state index is 12.1. The molecule has 0 spiro atoms. The number of benzene rings is 1. The summed E-state index contributed by atoms with van der Waals surface area (Å²) in [7, 11) is 0. The molecule has 124 valence electrons. The predicted octanol–water partition coefficient (Wildman–Crippen LogP) is 3.97. The summed E-state index contributed by atoms with van der Waals surface area (Å²) in [6.45, 7) is 5.45. The molecule has 0 aliphatic rings. The normalized spacial score (nSPS) is 12.2. The minimum atomic E-state index is -0.631. The second kappa shape index (κ2) is 7.64. The summed E-state index contributed by atoms with van der Waals surface area (Å²) in [5.41, 5.74) is 1.31. The Morgan fingerprint density at radius 2 is 2.13 bits per heavy atom. The van der Waals surface area contributed by atoms with E-state index in [0.29, 0.717) is 11.1 Å². The first-order valence-electron chi connectivity index (χ1n) is 7.57.